The lowest BCUT2D eigenvalue weighted by atomic mass is 10.3. The molecule has 0 unspecified atom stereocenters. The molecule has 3 heterocycles. The number of aromatic nitrogens is 3. The SMILES string of the molecule is C[C@H](NC(=O)N1CCN(c2nc3ccccc3o2)CC1)c1nnc(N)s1. The molecule has 26 heavy (non-hydrogen) atoms. The van der Waals surface area contributed by atoms with Gasteiger partial charge in [0.05, 0.1) is 6.04 Å². The molecule has 0 radical (unpaired) electrons. The van der Waals surface area contributed by atoms with E-state index < -0.39 is 0 Å². The number of para-hydroxylation sites is 2. The zero-order chi connectivity index (χ0) is 18.1. The molecule has 9 nitrogen and oxygen atoms in total. The van der Waals surface area contributed by atoms with Gasteiger partial charge in [0.1, 0.15) is 10.5 Å². The molecule has 136 valence electrons. The number of nitrogens with zero attached hydrogens (tertiary/aromatic N) is 5. The van der Waals surface area contributed by atoms with Gasteiger partial charge in [0.2, 0.25) is 5.13 Å². The molecule has 0 bridgehead atoms. The Balaban J connectivity index is 1.34. The van der Waals surface area contributed by atoms with Crippen LogP contribution >= 0.6 is 11.3 Å². The molecular weight excluding hydrogens is 354 g/mol. The first-order chi connectivity index (χ1) is 12.6. The van der Waals surface area contributed by atoms with Crippen molar-refractivity contribution in [2.75, 3.05) is 36.8 Å². The highest BCUT2D eigenvalue weighted by atomic mass is 32.1. The number of nitrogens with two attached hydrogens (primary N) is 1. The van der Waals surface area contributed by atoms with Crippen molar-refractivity contribution in [3.63, 3.8) is 0 Å². The smallest absolute Gasteiger partial charge is 0.318 e. The molecule has 1 saturated heterocycles. The van der Waals surface area contributed by atoms with E-state index in [4.69, 9.17) is 10.2 Å². The molecule has 1 aliphatic heterocycles. The van der Waals surface area contributed by atoms with Crippen LogP contribution in [-0.4, -0.2) is 52.3 Å². The van der Waals surface area contributed by atoms with Crippen molar-refractivity contribution < 1.29 is 9.21 Å². The first-order valence-corrected chi connectivity index (χ1v) is 9.16. The average Bonchev–Trinajstić information content (AvgIpc) is 3.28. The molecule has 3 aromatic rings. The van der Waals surface area contributed by atoms with E-state index in [0.717, 1.165) is 11.1 Å². The molecule has 2 amide bonds. The molecule has 0 saturated carbocycles. The van der Waals surface area contributed by atoms with Gasteiger partial charge in [-0.2, -0.15) is 4.98 Å². The van der Waals surface area contributed by atoms with Gasteiger partial charge >= 0.3 is 6.03 Å². The van der Waals surface area contributed by atoms with Crippen LogP contribution in [0.2, 0.25) is 0 Å². The molecule has 3 N–H and O–H groups in total. The van der Waals surface area contributed by atoms with Gasteiger partial charge < -0.3 is 25.3 Å². The lowest BCUT2D eigenvalue weighted by molar-refractivity contribution is 0.190. The molecule has 1 aliphatic rings. The van der Waals surface area contributed by atoms with Crippen molar-refractivity contribution in [3.05, 3.63) is 29.3 Å². The Morgan fingerprint density at radius 2 is 2.04 bits per heavy atom. The Hall–Kier alpha value is -2.88. The number of piperazine rings is 1. The number of urea groups is 1. The summed E-state index contributed by atoms with van der Waals surface area (Å²) in [6, 6.07) is 7.93. The van der Waals surface area contributed by atoms with Gasteiger partial charge in [-0.1, -0.05) is 23.5 Å². The summed E-state index contributed by atoms with van der Waals surface area (Å²) in [5, 5.41) is 11.8. The second-order valence-electron chi connectivity index (χ2n) is 6.09. The fourth-order valence-corrected chi connectivity index (χ4v) is 3.47. The summed E-state index contributed by atoms with van der Waals surface area (Å²) in [6.07, 6.45) is 0. The molecule has 2 aromatic heterocycles. The van der Waals surface area contributed by atoms with Gasteiger partial charge in [-0.25, -0.2) is 4.79 Å². The lowest BCUT2D eigenvalue weighted by Gasteiger charge is -2.34. The van der Waals surface area contributed by atoms with Crippen LogP contribution in [-0.2, 0) is 0 Å². The zero-order valence-corrected chi connectivity index (χ0v) is 15.1. The first-order valence-electron chi connectivity index (χ1n) is 8.35. The Kier molecular flexibility index (Phi) is 4.33. The Morgan fingerprint density at radius 1 is 1.27 bits per heavy atom. The molecular formula is C16H19N7O2S. The number of carbonyl (C=O) groups is 1. The summed E-state index contributed by atoms with van der Waals surface area (Å²) in [5.74, 6) is 0. The fraction of sp³-hybridized carbons (Fsp3) is 0.375. The van der Waals surface area contributed by atoms with Crippen LogP contribution in [0.5, 0.6) is 0 Å². The molecule has 1 fully saturated rings. The third kappa shape index (κ3) is 3.27. The quantitative estimate of drug-likeness (QED) is 0.720. The van der Waals surface area contributed by atoms with Crippen molar-refractivity contribution in [2.45, 2.75) is 13.0 Å². The van der Waals surface area contributed by atoms with E-state index in [1.807, 2.05) is 31.2 Å². The monoisotopic (exact) mass is 373 g/mol. The number of hydrogen-bond donors (Lipinski definition) is 2. The second-order valence-corrected chi connectivity index (χ2v) is 7.13. The fourth-order valence-electron chi connectivity index (χ4n) is 2.86. The molecule has 0 aliphatic carbocycles. The summed E-state index contributed by atoms with van der Waals surface area (Å²) >= 11 is 1.28. The van der Waals surface area contributed by atoms with Crippen LogP contribution in [0.4, 0.5) is 15.9 Å². The van der Waals surface area contributed by atoms with E-state index >= 15 is 0 Å². The number of benzene rings is 1. The first kappa shape index (κ1) is 16.6. The number of fused-ring (bicyclic) bond motifs is 1. The molecule has 10 heteroatoms. The summed E-state index contributed by atoms with van der Waals surface area (Å²) in [4.78, 5) is 20.8. The van der Waals surface area contributed by atoms with E-state index in [9.17, 15) is 4.79 Å². The second kappa shape index (κ2) is 6.79. The van der Waals surface area contributed by atoms with Gasteiger partial charge in [-0.15, -0.1) is 10.2 Å². The molecule has 1 aromatic carbocycles. The number of anilines is 2. The molecule has 1 atom stereocenters. The minimum atomic E-state index is -0.229. The van der Waals surface area contributed by atoms with Crippen LogP contribution in [0.3, 0.4) is 0 Å². The number of carbonyl (C=O) groups excluding carboxylic acids is 1. The minimum Gasteiger partial charge on any atom is -0.423 e. The van der Waals surface area contributed by atoms with Gasteiger partial charge in [-0.05, 0) is 19.1 Å². The lowest BCUT2D eigenvalue weighted by Crippen LogP contribution is -2.52. The largest absolute Gasteiger partial charge is 0.423 e. The Morgan fingerprint density at radius 3 is 2.73 bits per heavy atom. The predicted octanol–water partition coefficient (Wildman–Crippen LogP) is 1.85. The van der Waals surface area contributed by atoms with Crippen molar-refractivity contribution in [1.29, 1.82) is 0 Å². The molecule has 0 spiro atoms. The van der Waals surface area contributed by atoms with Crippen molar-refractivity contribution in [1.82, 2.24) is 25.4 Å². The van der Waals surface area contributed by atoms with Crippen LogP contribution in [0.25, 0.3) is 11.1 Å². The highest BCUT2D eigenvalue weighted by Gasteiger charge is 2.25. The predicted molar refractivity (Wildman–Crippen MR) is 99.1 cm³/mol. The van der Waals surface area contributed by atoms with Crippen LogP contribution in [0.15, 0.2) is 28.7 Å². The standard InChI is InChI=1S/C16H19N7O2S/c1-10(13-20-21-14(17)26-13)18-15(24)22-6-8-23(9-7-22)16-19-11-4-2-3-5-12(11)25-16/h2-5,10H,6-9H2,1H3,(H2,17,21)(H,18,24)/t10-/m0/s1. The topological polar surface area (TPSA) is 113 Å². The van der Waals surface area contributed by atoms with E-state index in [2.05, 4.69) is 25.4 Å². The minimum absolute atomic E-state index is 0.122. The Bertz CT molecular complexity index is 883. The third-order valence-electron chi connectivity index (χ3n) is 4.29. The van der Waals surface area contributed by atoms with Gasteiger partial charge in [0.15, 0.2) is 5.58 Å². The van der Waals surface area contributed by atoms with Gasteiger partial charge in [0, 0.05) is 26.2 Å². The van der Waals surface area contributed by atoms with Gasteiger partial charge in [0.25, 0.3) is 6.01 Å². The normalized spacial score (nSPS) is 16.0. The number of hydrogen-bond acceptors (Lipinski definition) is 8. The van der Waals surface area contributed by atoms with Crippen molar-refractivity contribution in [2.24, 2.45) is 0 Å². The average molecular weight is 373 g/mol. The van der Waals surface area contributed by atoms with Crippen molar-refractivity contribution in [3.8, 4) is 0 Å². The maximum Gasteiger partial charge on any atom is 0.318 e. The highest BCUT2D eigenvalue weighted by molar-refractivity contribution is 7.15. The van der Waals surface area contributed by atoms with Crippen LogP contribution < -0.4 is 16.0 Å². The number of amides is 2. The third-order valence-corrected chi connectivity index (χ3v) is 5.22. The number of rotatable bonds is 3. The highest BCUT2D eigenvalue weighted by Crippen LogP contribution is 2.23. The van der Waals surface area contributed by atoms with Crippen LogP contribution in [0, 0.1) is 0 Å². The maximum absolute atomic E-state index is 12.5. The summed E-state index contributed by atoms with van der Waals surface area (Å²) in [6.45, 7) is 4.39. The van der Waals surface area contributed by atoms with Crippen molar-refractivity contribution >= 4 is 39.6 Å². The molecule has 4 rings (SSSR count). The number of oxazole rings is 1. The van der Waals surface area contributed by atoms with E-state index in [1.165, 1.54) is 11.3 Å². The van der Waals surface area contributed by atoms with E-state index in [-0.39, 0.29) is 12.1 Å². The van der Waals surface area contributed by atoms with Crippen LogP contribution in [0.1, 0.15) is 18.0 Å². The van der Waals surface area contributed by atoms with Gasteiger partial charge in [-0.3, -0.25) is 0 Å². The summed E-state index contributed by atoms with van der Waals surface area (Å²) in [7, 11) is 0. The number of nitrogens with one attached hydrogen (secondary N) is 1. The van der Waals surface area contributed by atoms with E-state index in [0.29, 0.717) is 42.3 Å². The summed E-state index contributed by atoms with van der Waals surface area (Å²) in [5.41, 5.74) is 7.20. The zero-order valence-electron chi connectivity index (χ0n) is 14.3. The van der Waals surface area contributed by atoms with E-state index in [1.54, 1.807) is 4.90 Å². The Labute approximate surface area is 153 Å². The number of nitrogen functional groups attached to an aromatic ring is 1. The maximum atomic E-state index is 12.5. The summed E-state index contributed by atoms with van der Waals surface area (Å²) < 4.78 is 5.80.